The summed E-state index contributed by atoms with van der Waals surface area (Å²) >= 11 is 2.99. The predicted octanol–water partition coefficient (Wildman–Crippen LogP) is 4.55. The molecule has 1 amide bonds. The van der Waals surface area contributed by atoms with E-state index in [2.05, 4.69) is 10.5 Å². The number of amides is 1. The Kier molecular flexibility index (Phi) is 5.43. The Bertz CT molecular complexity index is 1510. The van der Waals surface area contributed by atoms with Crippen LogP contribution < -0.4 is 15.7 Å². The third-order valence-corrected chi connectivity index (χ3v) is 8.05. The van der Waals surface area contributed by atoms with E-state index < -0.39 is 0 Å². The lowest BCUT2D eigenvalue weighted by atomic mass is 9.97. The van der Waals surface area contributed by atoms with Crippen molar-refractivity contribution in [1.82, 2.24) is 15.0 Å². The smallest absolute Gasteiger partial charge is 0.275 e. The topological polar surface area (TPSA) is 85.6 Å². The van der Waals surface area contributed by atoms with Gasteiger partial charge >= 0.3 is 0 Å². The Morgan fingerprint density at radius 1 is 1.03 bits per heavy atom. The van der Waals surface area contributed by atoms with E-state index in [1.165, 1.54) is 22.2 Å². The number of aryl methyl sites for hydroxylation is 2. The lowest BCUT2D eigenvalue weighted by molar-refractivity contribution is 0.0955. The first-order chi connectivity index (χ1) is 16.7. The van der Waals surface area contributed by atoms with Gasteiger partial charge < -0.3 is 4.74 Å². The van der Waals surface area contributed by atoms with Crippen LogP contribution in [0, 0.1) is 0 Å². The summed E-state index contributed by atoms with van der Waals surface area (Å²) in [5.41, 5.74) is 4.85. The van der Waals surface area contributed by atoms with Gasteiger partial charge in [0.15, 0.2) is 5.16 Å². The fraction of sp³-hybridized carbons (Fsp3) is 0.200. The maximum Gasteiger partial charge on any atom is 0.275 e. The summed E-state index contributed by atoms with van der Waals surface area (Å²) in [6.45, 7) is 0. The first-order valence-electron chi connectivity index (χ1n) is 11.1. The molecule has 0 bridgehead atoms. The third-order valence-electron chi connectivity index (χ3n) is 5.94. The second-order valence-corrected chi connectivity index (χ2v) is 10.1. The van der Waals surface area contributed by atoms with E-state index in [4.69, 9.17) is 9.72 Å². The Morgan fingerprint density at radius 2 is 1.82 bits per heavy atom. The number of thiophene rings is 1. The van der Waals surface area contributed by atoms with Gasteiger partial charge in [-0.3, -0.25) is 14.2 Å². The minimum absolute atomic E-state index is 0.0412. The Hall–Kier alpha value is -3.43. The highest BCUT2D eigenvalue weighted by atomic mass is 32.2. The number of nitrogens with zero attached hydrogens (tertiary/aromatic N) is 3. The zero-order chi connectivity index (χ0) is 23.1. The maximum absolute atomic E-state index is 13.8. The van der Waals surface area contributed by atoms with Crippen LogP contribution in [0.25, 0.3) is 15.9 Å². The van der Waals surface area contributed by atoms with Crippen molar-refractivity contribution in [2.24, 2.45) is 5.10 Å². The van der Waals surface area contributed by atoms with Crippen LogP contribution in [0.1, 0.15) is 33.6 Å². The van der Waals surface area contributed by atoms with Crippen LogP contribution >= 0.6 is 23.1 Å². The van der Waals surface area contributed by atoms with Gasteiger partial charge in [0.05, 0.1) is 22.4 Å². The number of aromatic nitrogens is 2. The number of para-hydroxylation sites is 2. The molecule has 0 spiro atoms. The van der Waals surface area contributed by atoms with Crippen LogP contribution in [-0.2, 0) is 12.8 Å². The van der Waals surface area contributed by atoms with E-state index in [9.17, 15) is 9.59 Å². The molecule has 7 nitrogen and oxygen atoms in total. The largest absolute Gasteiger partial charge is 0.440 e. The van der Waals surface area contributed by atoms with Crippen molar-refractivity contribution in [3.8, 4) is 11.4 Å². The number of hydrogen-bond donors (Lipinski definition) is 1. The predicted molar refractivity (Wildman–Crippen MR) is 135 cm³/mol. The number of hydrazone groups is 1. The SMILES string of the molecule is O=C1NN=C(CSc2nc3sc4c(c3c(=O)n2-c2ccccc2)CCCC4)Oc2ccccc21. The number of nitrogens with one attached hydrogen (secondary N) is 1. The van der Waals surface area contributed by atoms with Gasteiger partial charge in [-0.15, -0.1) is 16.4 Å². The molecular formula is C25H20N4O3S2. The van der Waals surface area contributed by atoms with E-state index in [1.54, 1.807) is 34.1 Å². The molecule has 4 aromatic rings. The Morgan fingerprint density at radius 3 is 2.71 bits per heavy atom. The molecule has 6 rings (SSSR count). The van der Waals surface area contributed by atoms with Crippen LogP contribution in [0.5, 0.6) is 5.75 Å². The molecule has 0 saturated carbocycles. The van der Waals surface area contributed by atoms with Crippen molar-refractivity contribution in [2.45, 2.75) is 30.8 Å². The van der Waals surface area contributed by atoms with Crippen LogP contribution in [0.15, 0.2) is 69.6 Å². The number of fused-ring (bicyclic) bond motifs is 4. The highest BCUT2D eigenvalue weighted by Crippen LogP contribution is 2.35. The molecule has 0 radical (unpaired) electrons. The van der Waals surface area contributed by atoms with Crippen molar-refractivity contribution in [2.75, 3.05) is 5.75 Å². The molecule has 1 aliphatic heterocycles. The van der Waals surface area contributed by atoms with Gasteiger partial charge in [0, 0.05) is 4.88 Å². The molecule has 0 atom stereocenters. The average Bonchev–Trinajstić information content (AvgIpc) is 3.16. The maximum atomic E-state index is 13.8. The Balaban J connectivity index is 1.41. The molecule has 170 valence electrons. The summed E-state index contributed by atoms with van der Waals surface area (Å²) in [5, 5.41) is 5.45. The van der Waals surface area contributed by atoms with E-state index in [1.807, 2.05) is 36.4 Å². The number of benzene rings is 2. The molecule has 34 heavy (non-hydrogen) atoms. The first kappa shape index (κ1) is 21.1. The standard InChI is InChI=1S/C25H20N4O3S2/c30-22-16-10-4-6-12-18(16)32-20(27-28-22)14-33-25-26-23-21(17-11-5-7-13-19(17)34-23)24(31)29(25)15-8-2-1-3-9-15/h1-4,6,8-10,12H,5,7,11,13-14H2,(H,28,30). The summed E-state index contributed by atoms with van der Waals surface area (Å²) in [7, 11) is 0. The number of carbonyl (C=O) groups excluding carboxylic acids is 1. The van der Waals surface area contributed by atoms with Gasteiger partial charge in [-0.25, -0.2) is 10.4 Å². The normalized spacial score (nSPS) is 15.1. The minimum Gasteiger partial charge on any atom is -0.440 e. The monoisotopic (exact) mass is 488 g/mol. The number of rotatable bonds is 4. The molecule has 2 aromatic carbocycles. The molecule has 0 unspecified atom stereocenters. The minimum atomic E-state index is -0.319. The van der Waals surface area contributed by atoms with Gasteiger partial charge in [-0.05, 0) is 55.5 Å². The fourth-order valence-electron chi connectivity index (χ4n) is 4.34. The average molecular weight is 489 g/mol. The van der Waals surface area contributed by atoms with Crippen molar-refractivity contribution in [1.29, 1.82) is 0 Å². The molecule has 3 heterocycles. The molecule has 9 heteroatoms. The highest BCUT2D eigenvalue weighted by Gasteiger charge is 2.24. The van der Waals surface area contributed by atoms with Gasteiger partial charge in [0.25, 0.3) is 11.5 Å². The number of ether oxygens (including phenoxy) is 1. The van der Waals surface area contributed by atoms with E-state index in [-0.39, 0.29) is 11.5 Å². The van der Waals surface area contributed by atoms with Crippen molar-refractivity contribution < 1.29 is 9.53 Å². The molecule has 0 fully saturated rings. The number of thioether (sulfide) groups is 1. The zero-order valence-corrected chi connectivity index (χ0v) is 19.7. The Labute approximate surface area is 203 Å². The van der Waals surface area contributed by atoms with Crippen molar-refractivity contribution in [3.05, 3.63) is 81.0 Å². The van der Waals surface area contributed by atoms with Crippen LogP contribution in [0.3, 0.4) is 0 Å². The molecular weight excluding hydrogens is 468 g/mol. The van der Waals surface area contributed by atoms with Gasteiger partial charge in [0.2, 0.25) is 5.90 Å². The molecule has 1 aliphatic carbocycles. The second kappa shape index (κ2) is 8.73. The lowest BCUT2D eigenvalue weighted by Crippen LogP contribution is -2.23. The number of carbonyl (C=O) groups is 1. The quantitative estimate of drug-likeness (QED) is 0.336. The molecule has 0 saturated heterocycles. The van der Waals surface area contributed by atoms with E-state index in [0.717, 1.165) is 41.6 Å². The molecule has 2 aromatic heterocycles. The molecule has 2 aliphatic rings. The summed E-state index contributed by atoms with van der Waals surface area (Å²) in [5.74, 6) is 0.764. The van der Waals surface area contributed by atoms with Gasteiger partial charge in [0.1, 0.15) is 10.6 Å². The first-order valence-corrected chi connectivity index (χ1v) is 12.9. The van der Waals surface area contributed by atoms with Crippen LogP contribution in [-0.4, -0.2) is 27.1 Å². The van der Waals surface area contributed by atoms with Crippen molar-refractivity contribution >= 4 is 45.1 Å². The summed E-state index contributed by atoms with van der Waals surface area (Å²) < 4.78 is 7.59. The lowest BCUT2D eigenvalue weighted by Gasteiger charge is -2.14. The van der Waals surface area contributed by atoms with Crippen molar-refractivity contribution in [3.63, 3.8) is 0 Å². The zero-order valence-electron chi connectivity index (χ0n) is 18.1. The van der Waals surface area contributed by atoms with Crippen LogP contribution in [0.4, 0.5) is 0 Å². The highest BCUT2D eigenvalue weighted by molar-refractivity contribution is 7.99. The third kappa shape index (κ3) is 3.70. The van der Waals surface area contributed by atoms with Crippen LogP contribution in [0.2, 0.25) is 0 Å². The summed E-state index contributed by atoms with van der Waals surface area (Å²) in [4.78, 5) is 33.1. The number of hydrogen-bond acceptors (Lipinski definition) is 7. The summed E-state index contributed by atoms with van der Waals surface area (Å²) in [6, 6.07) is 16.6. The molecule has 1 N–H and O–H groups in total. The van der Waals surface area contributed by atoms with Gasteiger partial charge in [-0.2, -0.15) is 0 Å². The van der Waals surface area contributed by atoms with E-state index >= 15 is 0 Å². The van der Waals surface area contributed by atoms with Gasteiger partial charge in [-0.1, -0.05) is 42.1 Å². The van der Waals surface area contributed by atoms with E-state index in [0.29, 0.717) is 28.1 Å². The summed E-state index contributed by atoms with van der Waals surface area (Å²) in [6.07, 6.45) is 4.19. The fourth-order valence-corrected chi connectivity index (χ4v) is 6.50. The second-order valence-electron chi connectivity index (χ2n) is 8.09.